The van der Waals surface area contributed by atoms with Crippen LogP contribution in [-0.2, 0) is 29.7 Å². The van der Waals surface area contributed by atoms with Crippen molar-refractivity contribution in [1.82, 2.24) is 29.3 Å². The quantitative estimate of drug-likeness (QED) is 0.627. The minimum absolute atomic E-state index is 0.0103. The molecule has 168 valence electrons. The lowest BCUT2D eigenvalue weighted by molar-refractivity contribution is -0.141. The van der Waals surface area contributed by atoms with Crippen molar-refractivity contribution in [2.24, 2.45) is 7.05 Å². The summed E-state index contributed by atoms with van der Waals surface area (Å²) in [6.45, 7) is 0.191. The van der Waals surface area contributed by atoms with Crippen LogP contribution in [0.4, 0.5) is 19.0 Å². The highest BCUT2D eigenvalue weighted by Gasteiger charge is 2.55. The predicted molar refractivity (Wildman–Crippen MR) is 106 cm³/mol. The molecule has 1 fully saturated rings. The molecule has 3 aromatic rings. The van der Waals surface area contributed by atoms with Gasteiger partial charge in [0.25, 0.3) is 10.0 Å². The summed E-state index contributed by atoms with van der Waals surface area (Å²) in [5.41, 5.74) is 0.0463. The van der Waals surface area contributed by atoms with Crippen LogP contribution in [0, 0.1) is 0 Å². The molecule has 2 aliphatic rings. The van der Waals surface area contributed by atoms with Crippen molar-refractivity contribution < 1.29 is 21.6 Å². The number of benzene rings is 1. The van der Waals surface area contributed by atoms with Gasteiger partial charge in [0.2, 0.25) is 5.03 Å². The molecular formula is C19H18F3N7O2S. The smallest absolute Gasteiger partial charge is 0.362 e. The maximum absolute atomic E-state index is 13.2. The summed E-state index contributed by atoms with van der Waals surface area (Å²) in [6, 6.07) is 8.45. The molecule has 0 spiro atoms. The summed E-state index contributed by atoms with van der Waals surface area (Å²) in [5.74, 6) is -0.293. The fraction of sp³-hybridized carbons (Fsp3) is 0.368. The number of nitrogens with zero attached hydrogens (tertiary/aromatic N) is 6. The molecule has 32 heavy (non-hydrogen) atoms. The van der Waals surface area contributed by atoms with Gasteiger partial charge in [0.1, 0.15) is 17.8 Å². The molecule has 2 aromatic heterocycles. The van der Waals surface area contributed by atoms with E-state index in [0.717, 1.165) is 23.5 Å². The van der Waals surface area contributed by atoms with Crippen LogP contribution in [-0.4, -0.2) is 56.3 Å². The van der Waals surface area contributed by atoms with Gasteiger partial charge in [-0.25, -0.2) is 18.4 Å². The Morgan fingerprint density at radius 1 is 1.22 bits per heavy atom. The van der Waals surface area contributed by atoms with Crippen molar-refractivity contribution in [3.05, 3.63) is 59.7 Å². The molecule has 0 radical (unpaired) electrons. The van der Waals surface area contributed by atoms with E-state index in [1.54, 1.807) is 7.05 Å². The van der Waals surface area contributed by atoms with E-state index in [1.165, 1.54) is 15.2 Å². The molecule has 1 aliphatic heterocycles. The van der Waals surface area contributed by atoms with Crippen LogP contribution in [0.25, 0.3) is 0 Å². The Kier molecular flexibility index (Phi) is 4.53. The van der Waals surface area contributed by atoms with Crippen molar-refractivity contribution in [2.45, 2.75) is 29.1 Å². The first-order valence-electron chi connectivity index (χ1n) is 9.70. The number of sulfonamides is 1. The fourth-order valence-corrected chi connectivity index (χ4v) is 6.02. The monoisotopic (exact) mass is 465 g/mol. The third-order valence-corrected chi connectivity index (χ3v) is 7.64. The van der Waals surface area contributed by atoms with E-state index in [2.05, 4.69) is 25.6 Å². The van der Waals surface area contributed by atoms with Crippen molar-refractivity contribution in [3.63, 3.8) is 0 Å². The number of aromatic nitrogens is 5. The largest absolute Gasteiger partial charge is 0.433 e. The summed E-state index contributed by atoms with van der Waals surface area (Å²) in [7, 11) is -2.37. The number of aryl methyl sites for hydroxylation is 1. The molecule has 5 rings (SSSR count). The lowest BCUT2D eigenvalue weighted by Crippen LogP contribution is -2.45. The van der Waals surface area contributed by atoms with E-state index in [9.17, 15) is 21.6 Å². The Labute approximate surface area is 181 Å². The van der Waals surface area contributed by atoms with Gasteiger partial charge in [-0.2, -0.15) is 17.5 Å². The number of alkyl halides is 3. The molecule has 9 nitrogen and oxygen atoms in total. The zero-order valence-corrected chi connectivity index (χ0v) is 17.6. The van der Waals surface area contributed by atoms with Crippen LogP contribution in [0.5, 0.6) is 0 Å². The first-order valence-corrected chi connectivity index (χ1v) is 11.1. The van der Waals surface area contributed by atoms with Gasteiger partial charge in [0.05, 0.1) is 11.7 Å². The maximum atomic E-state index is 13.2. The first-order chi connectivity index (χ1) is 15.1. The predicted octanol–water partition coefficient (Wildman–Crippen LogP) is 1.82. The number of fused-ring (bicyclic) bond motifs is 3. The highest BCUT2D eigenvalue weighted by atomic mass is 32.2. The van der Waals surface area contributed by atoms with Gasteiger partial charge in [-0.1, -0.05) is 29.5 Å². The summed E-state index contributed by atoms with van der Waals surface area (Å²) >= 11 is 0. The van der Waals surface area contributed by atoms with Gasteiger partial charge < -0.3 is 5.32 Å². The van der Waals surface area contributed by atoms with Crippen LogP contribution >= 0.6 is 0 Å². The van der Waals surface area contributed by atoms with Crippen molar-refractivity contribution in [2.75, 3.05) is 18.4 Å². The number of hydrogen-bond donors (Lipinski definition) is 1. The fourth-order valence-electron chi connectivity index (χ4n) is 4.58. The third kappa shape index (κ3) is 3.32. The second-order valence-corrected chi connectivity index (χ2v) is 9.91. The number of halogens is 3. The van der Waals surface area contributed by atoms with E-state index in [0.29, 0.717) is 6.42 Å². The Hall–Kier alpha value is -3.06. The third-order valence-electron chi connectivity index (χ3n) is 5.97. The molecule has 0 bridgehead atoms. The standard InChI is InChI=1S/C19H18F3N7O2S/c1-28-9-17(26-27-28)32(30,31)29-8-14-13-5-3-2-4-12(13)7-18(14,10-29)25-16-6-15(19(20,21)22)23-11-24-16/h2-6,9,11,14H,7-8,10H2,1H3,(H,23,24,25). The van der Waals surface area contributed by atoms with Gasteiger partial charge in [0.15, 0.2) is 0 Å². The molecule has 3 heterocycles. The van der Waals surface area contributed by atoms with Gasteiger partial charge in [0, 0.05) is 32.1 Å². The second kappa shape index (κ2) is 6.97. The lowest BCUT2D eigenvalue weighted by atomic mass is 9.88. The van der Waals surface area contributed by atoms with Crippen LogP contribution in [0.15, 0.2) is 47.9 Å². The van der Waals surface area contributed by atoms with E-state index in [4.69, 9.17) is 0 Å². The summed E-state index contributed by atoms with van der Waals surface area (Å²) in [4.78, 5) is 7.27. The number of hydrogen-bond acceptors (Lipinski definition) is 7. The Morgan fingerprint density at radius 2 is 2.00 bits per heavy atom. The van der Waals surface area contributed by atoms with Crippen LogP contribution in [0.1, 0.15) is 22.7 Å². The van der Waals surface area contributed by atoms with Gasteiger partial charge in [-0.15, -0.1) is 5.10 Å². The molecule has 1 saturated heterocycles. The number of nitrogens with one attached hydrogen (secondary N) is 1. The topological polar surface area (TPSA) is 106 Å². The highest BCUT2D eigenvalue weighted by Crippen LogP contribution is 2.48. The van der Waals surface area contributed by atoms with Crippen molar-refractivity contribution in [1.29, 1.82) is 0 Å². The normalized spacial score (nSPS) is 23.2. The summed E-state index contributed by atoms with van der Waals surface area (Å²) in [5, 5.41) is 10.4. The average Bonchev–Trinajstić information content (AvgIpc) is 3.39. The summed E-state index contributed by atoms with van der Waals surface area (Å²) in [6.07, 6.45) is -2.02. The number of anilines is 1. The Morgan fingerprint density at radius 3 is 2.72 bits per heavy atom. The van der Waals surface area contributed by atoms with E-state index < -0.39 is 27.4 Å². The zero-order chi connectivity index (χ0) is 22.7. The SMILES string of the molecule is Cn1cc(S(=O)(=O)N2CC3c4ccccc4CC3(Nc3cc(C(F)(F)F)ncn3)C2)nn1. The van der Waals surface area contributed by atoms with Gasteiger partial charge in [-0.3, -0.25) is 4.68 Å². The van der Waals surface area contributed by atoms with E-state index >= 15 is 0 Å². The zero-order valence-electron chi connectivity index (χ0n) is 16.8. The van der Waals surface area contributed by atoms with E-state index in [1.807, 2.05) is 24.3 Å². The second-order valence-electron chi connectivity index (χ2n) is 8.02. The van der Waals surface area contributed by atoms with Crippen molar-refractivity contribution in [3.8, 4) is 0 Å². The average molecular weight is 465 g/mol. The molecule has 1 aliphatic carbocycles. The summed E-state index contributed by atoms with van der Waals surface area (Å²) < 4.78 is 68.4. The molecule has 2 unspecified atom stereocenters. The first kappa shape index (κ1) is 20.8. The Bertz CT molecular complexity index is 1290. The van der Waals surface area contributed by atoms with Gasteiger partial charge in [-0.05, 0) is 17.5 Å². The van der Waals surface area contributed by atoms with Crippen molar-refractivity contribution >= 4 is 15.8 Å². The molecule has 0 saturated carbocycles. The minimum atomic E-state index is -4.62. The molecule has 13 heteroatoms. The van der Waals surface area contributed by atoms with Crippen LogP contribution in [0.3, 0.4) is 0 Å². The Balaban J connectivity index is 1.53. The molecule has 1 N–H and O–H groups in total. The molecule has 0 amide bonds. The number of rotatable bonds is 4. The highest BCUT2D eigenvalue weighted by molar-refractivity contribution is 7.89. The van der Waals surface area contributed by atoms with Gasteiger partial charge >= 0.3 is 6.18 Å². The van der Waals surface area contributed by atoms with E-state index in [-0.39, 0.29) is 29.9 Å². The molecular weight excluding hydrogens is 447 g/mol. The van der Waals surface area contributed by atoms with Crippen LogP contribution in [0.2, 0.25) is 0 Å². The minimum Gasteiger partial charge on any atom is -0.362 e. The molecule has 1 aromatic carbocycles. The lowest BCUT2D eigenvalue weighted by Gasteiger charge is -2.31. The molecule has 2 atom stereocenters. The maximum Gasteiger partial charge on any atom is 0.433 e. The van der Waals surface area contributed by atoms with Crippen LogP contribution < -0.4 is 5.32 Å².